The van der Waals surface area contributed by atoms with Crippen LogP contribution in [0.4, 0.5) is 11.4 Å². The number of benzene rings is 7. The number of aryl methyl sites for hydroxylation is 1. The van der Waals surface area contributed by atoms with Crippen LogP contribution in [0.1, 0.15) is 93.0 Å². The van der Waals surface area contributed by atoms with Gasteiger partial charge in [-0.15, -0.1) is 0 Å². The third kappa shape index (κ3) is 6.70. The van der Waals surface area contributed by atoms with Gasteiger partial charge in [0.2, 0.25) is 0 Å². The molecule has 70 heavy (non-hydrogen) atoms. The van der Waals surface area contributed by atoms with Gasteiger partial charge in [0.05, 0.1) is 11.6 Å². The molecule has 0 saturated heterocycles. The summed E-state index contributed by atoms with van der Waals surface area (Å²) in [7, 11) is 0. The molecule has 1 aliphatic heterocycles. The first-order chi connectivity index (χ1) is 34.1. The van der Waals surface area contributed by atoms with Crippen molar-refractivity contribution in [1.29, 1.82) is 0 Å². The van der Waals surface area contributed by atoms with Crippen LogP contribution in [0, 0.1) is 6.92 Å². The average Bonchev–Trinajstić information content (AvgIpc) is 3.90. The molecular formula is C66H56N2S2. The summed E-state index contributed by atoms with van der Waals surface area (Å²) in [6, 6.07) is 55.3. The molecule has 1 aromatic heterocycles. The molecule has 0 saturated carbocycles. The maximum atomic E-state index is 2.57. The Kier molecular flexibility index (Phi) is 10.2. The summed E-state index contributed by atoms with van der Waals surface area (Å²) in [5, 5.41) is 1.31. The van der Waals surface area contributed by atoms with E-state index in [1.165, 1.54) is 120 Å². The zero-order valence-electron chi connectivity index (χ0n) is 40.8. The van der Waals surface area contributed by atoms with Gasteiger partial charge in [-0.2, -0.15) is 0 Å². The molecule has 1 unspecified atom stereocenters. The maximum absolute atomic E-state index is 2.57. The van der Waals surface area contributed by atoms with Gasteiger partial charge in [0.25, 0.3) is 0 Å². The average molecular weight is 941 g/mol. The molecule has 13 rings (SSSR count). The van der Waals surface area contributed by atoms with E-state index >= 15 is 0 Å². The standard InChI is InChI=1S/C66H56N2S2/c1-7-15-58-41(2)50-36-37-55-63(53-39-61-62(40-57(53)66(55,5)6)70-60-21-14-13-20-59(60)69-61)64(50)68(58)48-32-26-45(27-33-48)44-24-30-47(31-25-44)67(46-28-22-43(23-29-46)42-16-9-8-10-17-42)49-34-35-52-51-18-11-12-19-54(51)65(3,4)56(52)38-49/h7-11,13-18,20-30,32-40,47H,12,19,31H2,1-6H3/b15-7-. The van der Waals surface area contributed by atoms with Crippen molar-refractivity contribution in [3.63, 3.8) is 0 Å². The number of rotatable bonds is 7. The molecule has 4 heteroatoms. The van der Waals surface area contributed by atoms with Crippen LogP contribution in [0.15, 0.2) is 207 Å². The van der Waals surface area contributed by atoms with Crippen LogP contribution in [0.2, 0.25) is 0 Å². The highest BCUT2D eigenvalue weighted by Gasteiger charge is 2.40. The normalized spacial score (nSPS) is 17.8. The number of fused-ring (bicyclic) bond motifs is 9. The Hall–Kier alpha value is -6.72. The number of aromatic nitrogens is 1. The molecular weight excluding hydrogens is 885 g/mol. The molecule has 0 bridgehead atoms. The van der Waals surface area contributed by atoms with Gasteiger partial charge >= 0.3 is 0 Å². The highest BCUT2D eigenvalue weighted by atomic mass is 32.2. The van der Waals surface area contributed by atoms with Gasteiger partial charge in [-0.3, -0.25) is 0 Å². The summed E-state index contributed by atoms with van der Waals surface area (Å²) in [4.78, 5) is 7.96. The van der Waals surface area contributed by atoms with E-state index in [1.54, 1.807) is 5.57 Å². The molecule has 0 spiro atoms. The minimum Gasteiger partial charge on any atom is -0.334 e. The van der Waals surface area contributed by atoms with Gasteiger partial charge in [-0.1, -0.05) is 178 Å². The van der Waals surface area contributed by atoms with Crippen molar-refractivity contribution in [1.82, 2.24) is 4.57 Å². The van der Waals surface area contributed by atoms with Crippen LogP contribution >= 0.6 is 23.5 Å². The van der Waals surface area contributed by atoms with Crippen LogP contribution in [0.3, 0.4) is 0 Å². The number of allylic oxidation sites excluding steroid dienone is 7. The van der Waals surface area contributed by atoms with Crippen molar-refractivity contribution in [2.45, 2.75) is 97.3 Å². The Bertz CT molecular complexity index is 3630. The lowest BCUT2D eigenvalue weighted by Crippen LogP contribution is -2.30. The first-order valence-corrected chi connectivity index (χ1v) is 26.7. The fourth-order valence-electron chi connectivity index (χ4n) is 12.4. The van der Waals surface area contributed by atoms with Crippen LogP contribution in [-0.2, 0) is 10.8 Å². The summed E-state index contributed by atoms with van der Waals surface area (Å²) in [6.45, 7) is 14.1. The molecule has 4 aliphatic carbocycles. The van der Waals surface area contributed by atoms with Crippen LogP contribution in [-0.4, -0.2) is 10.6 Å². The summed E-state index contributed by atoms with van der Waals surface area (Å²) >= 11 is 3.82. The third-order valence-corrected chi connectivity index (χ3v) is 18.6. The minimum atomic E-state index is -0.131. The topological polar surface area (TPSA) is 8.17 Å². The van der Waals surface area contributed by atoms with E-state index in [9.17, 15) is 0 Å². The van der Waals surface area contributed by atoms with Crippen molar-refractivity contribution in [2.75, 3.05) is 4.90 Å². The van der Waals surface area contributed by atoms with Gasteiger partial charge in [0.15, 0.2) is 0 Å². The first-order valence-electron chi connectivity index (χ1n) is 25.0. The quantitative estimate of drug-likeness (QED) is 0.157. The summed E-state index contributed by atoms with van der Waals surface area (Å²) in [5.74, 6) is 0. The SMILES string of the molecule is C/C=C\c1c(C)c2ccc3c(c2n1-c1ccc(C2=CCC(N(c4ccc(-c5ccccc5)cc4)c4ccc5c(c4)C(C)(C)C4=C5C=CCC4)C=C2)cc1)-c1cc2c(cc1C3(C)C)Sc1ccccc1S2. The van der Waals surface area contributed by atoms with Gasteiger partial charge in [0, 0.05) is 64.1 Å². The monoisotopic (exact) mass is 940 g/mol. The van der Waals surface area contributed by atoms with Crippen molar-refractivity contribution >= 4 is 63.0 Å². The fourth-order valence-corrected chi connectivity index (χ4v) is 14.6. The molecule has 2 heterocycles. The van der Waals surface area contributed by atoms with Crippen molar-refractivity contribution in [3.05, 3.63) is 227 Å². The van der Waals surface area contributed by atoms with E-state index in [0.717, 1.165) is 19.3 Å². The summed E-state index contributed by atoms with van der Waals surface area (Å²) in [5.41, 5.74) is 23.7. The smallest absolute Gasteiger partial charge is 0.0619 e. The van der Waals surface area contributed by atoms with Gasteiger partial charge < -0.3 is 9.47 Å². The Labute approximate surface area is 421 Å². The highest BCUT2D eigenvalue weighted by molar-refractivity contribution is 8.05. The number of nitrogens with zero attached hydrogens (tertiary/aromatic N) is 2. The van der Waals surface area contributed by atoms with E-state index in [2.05, 4.69) is 239 Å². The van der Waals surface area contributed by atoms with Crippen LogP contribution in [0.5, 0.6) is 0 Å². The third-order valence-electron chi connectivity index (χ3n) is 16.0. The lowest BCUT2D eigenvalue weighted by atomic mass is 9.78. The Balaban J connectivity index is 0.852. The second-order valence-electron chi connectivity index (χ2n) is 20.7. The Morgan fingerprint density at radius 2 is 1.31 bits per heavy atom. The number of hydrogen-bond donors (Lipinski definition) is 0. The highest BCUT2D eigenvalue weighted by Crippen LogP contribution is 2.58. The van der Waals surface area contributed by atoms with E-state index < -0.39 is 0 Å². The molecule has 0 amide bonds. The van der Waals surface area contributed by atoms with Gasteiger partial charge in [-0.05, 0) is 161 Å². The molecule has 5 aliphatic rings. The zero-order valence-corrected chi connectivity index (χ0v) is 42.4. The van der Waals surface area contributed by atoms with Gasteiger partial charge in [0.1, 0.15) is 0 Å². The number of hydrogen-bond acceptors (Lipinski definition) is 3. The van der Waals surface area contributed by atoms with E-state index in [4.69, 9.17) is 0 Å². The lowest BCUT2D eigenvalue weighted by molar-refractivity contribution is 0.607. The second-order valence-corrected chi connectivity index (χ2v) is 22.9. The molecule has 8 aromatic rings. The predicted molar refractivity (Wildman–Crippen MR) is 299 cm³/mol. The number of anilines is 2. The lowest BCUT2D eigenvalue weighted by Gasteiger charge is -2.34. The first kappa shape index (κ1) is 43.3. The molecule has 2 nitrogen and oxygen atoms in total. The molecule has 0 fully saturated rings. The van der Waals surface area contributed by atoms with E-state index in [0.29, 0.717) is 0 Å². The molecule has 342 valence electrons. The predicted octanol–water partition coefficient (Wildman–Crippen LogP) is 18.5. The Morgan fingerprint density at radius 3 is 2.04 bits per heavy atom. The molecule has 7 aromatic carbocycles. The van der Waals surface area contributed by atoms with Crippen molar-refractivity contribution in [2.24, 2.45) is 0 Å². The molecule has 0 N–H and O–H groups in total. The molecule has 0 radical (unpaired) electrons. The van der Waals surface area contributed by atoms with E-state index in [-0.39, 0.29) is 16.9 Å². The fraction of sp³-hybridized carbons (Fsp3) is 0.182. The Morgan fingerprint density at radius 1 is 0.629 bits per heavy atom. The summed E-state index contributed by atoms with van der Waals surface area (Å²) < 4.78 is 2.54. The molecule has 1 atom stereocenters. The second kappa shape index (κ2) is 16.4. The van der Waals surface area contributed by atoms with Crippen molar-refractivity contribution in [3.8, 4) is 27.9 Å². The van der Waals surface area contributed by atoms with Crippen LogP contribution in [0.25, 0.3) is 56.1 Å². The van der Waals surface area contributed by atoms with Crippen molar-refractivity contribution < 1.29 is 0 Å². The largest absolute Gasteiger partial charge is 0.334 e. The van der Waals surface area contributed by atoms with E-state index in [1.807, 2.05) is 23.5 Å². The maximum Gasteiger partial charge on any atom is 0.0619 e. The van der Waals surface area contributed by atoms with Gasteiger partial charge in [-0.25, -0.2) is 0 Å². The minimum absolute atomic E-state index is 0.00167. The van der Waals surface area contributed by atoms with Crippen LogP contribution < -0.4 is 4.90 Å². The summed E-state index contributed by atoms with van der Waals surface area (Å²) in [6.07, 6.45) is 19.6. The zero-order chi connectivity index (χ0) is 47.5.